The van der Waals surface area contributed by atoms with Crippen molar-refractivity contribution in [1.29, 1.82) is 0 Å². The fourth-order valence-corrected chi connectivity index (χ4v) is 2.36. The van der Waals surface area contributed by atoms with Gasteiger partial charge in [0.15, 0.2) is 0 Å². The molecule has 2 unspecified atom stereocenters. The Morgan fingerprint density at radius 1 is 1.20 bits per heavy atom. The zero-order chi connectivity index (χ0) is 14.5. The van der Waals surface area contributed by atoms with Gasteiger partial charge in [-0.15, -0.1) is 0 Å². The molecule has 2 aromatic rings. The first-order valence-corrected chi connectivity index (χ1v) is 6.77. The highest BCUT2D eigenvalue weighted by molar-refractivity contribution is 6.30. The molecule has 2 N–H and O–H groups in total. The normalized spacial score (nSPS) is 14.0. The van der Waals surface area contributed by atoms with E-state index in [9.17, 15) is 4.39 Å². The number of ether oxygens (including phenoxy) is 1. The van der Waals surface area contributed by atoms with Crippen LogP contribution in [0.25, 0.3) is 0 Å². The lowest BCUT2D eigenvalue weighted by Gasteiger charge is -2.23. The van der Waals surface area contributed by atoms with Crippen LogP contribution in [0.3, 0.4) is 0 Å². The quantitative estimate of drug-likeness (QED) is 0.911. The minimum absolute atomic E-state index is 0.119. The Kier molecular flexibility index (Phi) is 5.12. The minimum atomic E-state index is -0.426. The van der Waals surface area contributed by atoms with Crippen molar-refractivity contribution in [2.75, 3.05) is 7.11 Å². The van der Waals surface area contributed by atoms with E-state index in [1.807, 2.05) is 30.3 Å². The maximum atomic E-state index is 13.4. The number of hydrogen-bond donors (Lipinski definition) is 1. The molecule has 2 nitrogen and oxygen atoms in total. The van der Waals surface area contributed by atoms with Gasteiger partial charge in [0.1, 0.15) is 5.82 Å². The van der Waals surface area contributed by atoms with E-state index >= 15 is 0 Å². The largest absolute Gasteiger partial charge is 0.375 e. The predicted molar refractivity (Wildman–Crippen MR) is 79.3 cm³/mol. The summed E-state index contributed by atoms with van der Waals surface area (Å²) in [5.41, 5.74) is 8.01. The van der Waals surface area contributed by atoms with Crippen molar-refractivity contribution in [1.82, 2.24) is 0 Å². The van der Waals surface area contributed by atoms with Crippen molar-refractivity contribution in [3.8, 4) is 0 Å². The van der Waals surface area contributed by atoms with Gasteiger partial charge in [-0.25, -0.2) is 4.39 Å². The monoisotopic (exact) mass is 293 g/mol. The molecule has 0 saturated carbocycles. The van der Waals surface area contributed by atoms with Gasteiger partial charge in [-0.2, -0.15) is 0 Å². The molecule has 4 heteroatoms. The number of hydrogen-bond acceptors (Lipinski definition) is 2. The first-order chi connectivity index (χ1) is 9.61. The molecule has 2 rings (SSSR count). The standard InChI is InChI=1S/C16H17ClFNO/c1-20-16(12-5-3-2-4-6-12)15(19)10-11-7-8-13(17)14(18)9-11/h2-9,15-16H,10,19H2,1H3. The zero-order valence-electron chi connectivity index (χ0n) is 11.2. The second-order valence-electron chi connectivity index (χ2n) is 4.68. The molecule has 0 amide bonds. The summed E-state index contributed by atoms with van der Waals surface area (Å²) in [6.07, 6.45) is 0.288. The number of benzene rings is 2. The van der Waals surface area contributed by atoms with Crippen LogP contribution in [-0.4, -0.2) is 13.2 Å². The van der Waals surface area contributed by atoms with E-state index in [4.69, 9.17) is 22.1 Å². The van der Waals surface area contributed by atoms with Gasteiger partial charge >= 0.3 is 0 Å². The molecule has 106 valence electrons. The van der Waals surface area contributed by atoms with Gasteiger partial charge in [0, 0.05) is 13.2 Å². The molecule has 0 aliphatic carbocycles. The second kappa shape index (κ2) is 6.84. The number of rotatable bonds is 5. The fourth-order valence-electron chi connectivity index (χ4n) is 2.25. The van der Waals surface area contributed by atoms with E-state index in [-0.39, 0.29) is 17.2 Å². The highest BCUT2D eigenvalue weighted by Gasteiger charge is 2.19. The van der Waals surface area contributed by atoms with E-state index in [0.29, 0.717) is 6.42 Å². The molecule has 2 aromatic carbocycles. The summed E-state index contributed by atoms with van der Waals surface area (Å²) in [6.45, 7) is 0. The molecular weight excluding hydrogens is 277 g/mol. The third-order valence-electron chi connectivity index (χ3n) is 3.23. The Morgan fingerprint density at radius 2 is 1.90 bits per heavy atom. The Bertz CT molecular complexity index is 562. The van der Waals surface area contributed by atoms with Gasteiger partial charge in [0.25, 0.3) is 0 Å². The van der Waals surface area contributed by atoms with E-state index in [0.717, 1.165) is 11.1 Å². The third kappa shape index (κ3) is 3.57. The summed E-state index contributed by atoms with van der Waals surface area (Å²) in [7, 11) is 1.62. The lowest BCUT2D eigenvalue weighted by molar-refractivity contribution is 0.0802. The number of methoxy groups -OCH3 is 1. The van der Waals surface area contributed by atoms with Gasteiger partial charge in [-0.05, 0) is 29.7 Å². The first kappa shape index (κ1) is 15.0. The number of nitrogens with two attached hydrogens (primary N) is 1. The Morgan fingerprint density at radius 3 is 2.50 bits per heavy atom. The highest BCUT2D eigenvalue weighted by Crippen LogP contribution is 2.23. The van der Waals surface area contributed by atoms with Crippen molar-refractivity contribution in [2.24, 2.45) is 5.73 Å². The molecule has 20 heavy (non-hydrogen) atoms. The van der Waals surface area contributed by atoms with Gasteiger partial charge in [-0.1, -0.05) is 48.0 Å². The first-order valence-electron chi connectivity index (χ1n) is 6.39. The van der Waals surface area contributed by atoms with Crippen LogP contribution in [0.15, 0.2) is 48.5 Å². The van der Waals surface area contributed by atoms with Crippen LogP contribution >= 0.6 is 11.6 Å². The summed E-state index contributed by atoms with van der Waals surface area (Å²) in [4.78, 5) is 0. The molecule has 0 spiro atoms. The SMILES string of the molecule is COC(c1ccccc1)C(N)Cc1ccc(Cl)c(F)c1. The summed E-state index contributed by atoms with van der Waals surface area (Å²) >= 11 is 5.67. The Hall–Kier alpha value is -1.42. The van der Waals surface area contributed by atoms with E-state index in [1.165, 1.54) is 6.07 Å². The summed E-state index contributed by atoms with van der Waals surface area (Å²) in [5, 5.41) is 0.119. The van der Waals surface area contributed by atoms with Crippen LogP contribution < -0.4 is 5.73 Å². The molecule has 0 aliphatic heterocycles. The molecule has 0 saturated heterocycles. The molecule has 0 heterocycles. The molecule has 0 aromatic heterocycles. The van der Waals surface area contributed by atoms with Gasteiger partial charge in [0.05, 0.1) is 11.1 Å². The zero-order valence-corrected chi connectivity index (χ0v) is 12.0. The molecule has 0 bridgehead atoms. The van der Waals surface area contributed by atoms with E-state index in [2.05, 4.69) is 0 Å². The Labute approximate surface area is 123 Å². The Balaban J connectivity index is 2.13. The fraction of sp³-hybridized carbons (Fsp3) is 0.250. The lowest BCUT2D eigenvalue weighted by atomic mass is 9.96. The summed E-state index contributed by atoms with van der Waals surface area (Å²) in [5.74, 6) is -0.426. The van der Waals surface area contributed by atoms with Crippen LogP contribution in [0.1, 0.15) is 17.2 Å². The van der Waals surface area contributed by atoms with E-state index in [1.54, 1.807) is 19.2 Å². The van der Waals surface area contributed by atoms with Crippen molar-refractivity contribution in [3.63, 3.8) is 0 Å². The lowest BCUT2D eigenvalue weighted by Crippen LogP contribution is -2.31. The molecule has 0 aliphatic rings. The average Bonchev–Trinajstić information content (AvgIpc) is 2.45. The molecular formula is C16H17ClFNO. The molecule has 2 atom stereocenters. The summed E-state index contributed by atoms with van der Waals surface area (Å²) < 4.78 is 18.9. The van der Waals surface area contributed by atoms with E-state index < -0.39 is 5.82 Å². The average molecular weight is 294 g/mol. The van der Waals surface area contributed by atoms with Crippen LogP contribution in [0.4, 0.5) is 4.39 Å². The topological polar surface area (TPSA) is 35.2 Å². The molecule has 0 radical (unpaired) electrons. The number of halogens is 2. The smallest absolute Gasteiger partial charge is 0.142 e. The maximum absolute atomic E-state index is 13.4. The predicted octanol–water partition coefficient (Wildman–Crippen LogP) is 3.74. The maximum Gasteiger partial charge on any atom is 0.142 e. The van der Waals surface area contributed by atoms with Gasteiger partial charge in [-0.3, -0.25) is 0 Å². The van der Waals surface area contributed by atoms with Crippen LogP contribution in [0, 0.1) is 5.82 Å². The minimum Gasteiger partial charge on any atom is -0.375 e. The highest BCUT2D eigenvalue weighted by atomic mass is 35.5. The van der Waals surface area contributed by atoms with Gasteiger partial charge in [0.2, 0.25) is 0 Å². The van der Waals surface area contributed by atoms with Crippen LogP contribution in [0.2, 0.25) is 5.02 Å². The van der Waals surface area contributed by atoms with Crippen LogP contribution in [-0.2, 0) is 11.2 Å². The van der Waals surface area contributed by atoms with Crippen molar-refractivity contribution in [3.05, 3.63) is 70.5 Å². The van der Waals surface area contributed by atoms with Crippen LogP contribution in [0.5, 0.6) is 0 Å². The molecule has 0 fully saturated rings. The van der Waals surface area contributed by atoms with Crippen molar-refractivity contribution < 1.29 is 9.13 Å². The van der Waals surface area contributed by atoms with Crippen molar-refractivity contribution in [2.45, 2.75) is 18.6 Å². The second-order valence-corrected chi connectivity index (χ2v) is 5.09. The van der Waals surface area contributed by atoms with Crippen molar-refractivity contribution >= 4 is 11.6 Å². The van der Waals surface area contributed by atoms with Gasteiger partial charge < -0.3 is 10.5 Å². The third-order valence-corrected chi connectivity index (χ3v) is 3.53. The summed E-state index contributed by atoms with van der Waals surface area (Å²) in [6, 6.07) is 14.2.